The first-order valence-electron chi connectivity index (χ1n) is 14.2. The van der Waals surface area contributed by atoms with E-state index < -0.39 is 29.6 Å². The Labute approximate surface area is 220 Å². The van der Waals surface area contributed by atoms with Crippen molar-refractivity contribution in [1.82, 2.24) is 10.2 Å². The fourth-order valence-electron chi connectivity index (χ4n) is 6.96. The van der Waals surface area contributed by atoms with Crippen LogP contribution in [-0.2, 0) is 19.1 Å². The molecule has 2 saturated heterocycles. The van der Waals surface area contributed by atoms with Crippen molar-refractivity contribution in [2.24, 2.45) is 17.8 Å². The summed E-state index contributed by atoms with van der Waals surface area (Å²) in [6.45, 7) is 6.82. The summed E-state index contributed by atoms with van der Waals surface area (Å²) in [5, 5.41) is 6.30. The molecule has 1 spiro atoms. The topological polar surface area (TPSA) is 87.7 Å². The smallest absolute Gasteiger partial charge is 0.246 e. The lowest BCUT2D eigenvalue weighted by atomic mass is 9.74. The quantitative estimate of drug-likeness (QED) is 0.384. The lowest BCUT2D eigenvalue weighted by Crippen LogP contribution is -2.57. The Morgan fingerprint density at radius 1 is 1.14 bits per heavy atom. The summed E-state index contributed by atoms with van der Waals surface area (Å²) in [4.78, 5) is 43.2. The second-order valence-electron chi connectivity index (χ2n) is 11.5. The fraction of sp³-hybridized carbons (Fsp3) is 0.633. The van der Waals surface area contributed by atoms with Crippen LogP contribution in [-0.4, -0.2) is 53.0 Å². The van der Waals surface area contributed by atoms with Crippen LogP contribution in [0.15, 0.2) is 36.4 Å². The molecule has 1 aliphatic carbocycles. The summed E-state index contributed by atoms with van der Waals surface area (Å²) >= 11 is 0. The zero-order valence-corrected chi connectivity index (χ0v) is 22.4. The second kappa shape index (κ2) is 10.6. The zero-order valence-electron chi connectivity index (χ0n) is 22.4. The SMILES string of the molecule is CCCCCCN1C(=O)[C@H]2C(C(=O)Nc3cccc(C)c3)[C@H]3C=CC2(O3)C1C(=O)NC1CCCCC1C. The molecule has 4 aliphatic rings. The van der Waals surface area contributed by atoms with Crippen LogP contribution in [0.25, 0.3) is 0 Å². The molecule has 37 heavy (non-hydrogen) atoms. The van der Waals surface area contributed by atoms with Crippen molar-refractivity contribution < 1.29 is 19.1 Å². The lowest BCUT2D eigenvalue weighted by molar-refractivity contribution is -0.141. The molecule has 2 N–H and O–H groups in total. The summed E-state index contributed by atoms with van der Waals surface area (Å²) in [5.74, 6) is -1.46. The van der Waals surface area contributed by atoms with Crippen molar-refractivity contribution in [1.29, 1.82) is 0 Å². The Bertz CT molecular complexity index is 1070. The van der Waals surface area contributed by atoms with E-state index in [0.29, 0.717) is 18.2 Å². The van der Waals surface area contributed by atoms with Gasteiger partial charge in [0.05, 0.1) is 17.9 Å². The minimum atomic E-state index is -1.09. The molecular formula is C30H41N3O4. The predicted octanol–water partition coefficient (Wildman–Crippen LogP) is 4.36. The Morgan fingerprint density at radius 2 is 1.95 bits per heavy atom. The Morgan fingerprint density at radius 3 is 2.70 bits per heavy atom. The van der Waals surface area contributed by atoms with Crippen molar-refractivity contribution in [2.45, 2.75) is 95.9 Å². The highest BCUT2D eigenvalue weighted by atomic mass is 16.5. The van der Waals surface area contributed by atoms with Gasteiger partial charge in [-0.1, -0.05) is 70.2 Å². The summed E-state index contributed by atoms with van der Waals surface area (Å²) in [7, 11) is 0. The lowest BCUT2D eigenvalue weighted by Gasteiger charge is -2.36. The summed E-state index contributed by atoms with van der Waals surface area (Å²) in [6.07, 6.45) is 11.7. The fourth-order valence-corrected chi connectivity index (χ4v) is 6.96. The highest BCUT2D eigenvalue weighted by Crippen LogP contribution is 2.55. The summed E-state index contributed by atoms with van der Waals surface area (Å²) < 4.78 is 6.46. The van der Waals surface area contributed by atoms with Crippen molar-refractivity contribution in [3.63, 3.8) is 0 Å². The van der Waals surface area contributed by atoms with Gasteiger partial charge in [0.25, 0.3) is 0 Å². The minimum Gasteiger partial charge on any atom is -0.359 e. The number of fused-ring (bicyclic) bond motifs is 1. The molecule has 7 heteroatoms. The van der Waals surface area contributed by atoms with Crippen LogP contribution in [0.3, 0.4) is 0 Å². The normalized spacial score (nSPS) is 34.0. The number of hydrogen-bond donors (Lipinski definition) is 2. The number of amides is 3. The van der Waals surface area contributed by atoms with Gasteiger partial charge in [0.1, 0.15) is 11.6 Å². The number of hydrogen-bond acceptors (Lipinski definition) is 4. The molecule has 3 fully saturated rings. The van der Waals surface area contributed by atoms with Crippen molar-refractivity contribution in [2.75, 3.05) is 11.9 Å². The first-order chi connectivity index (χ1) is 17.9. The maximum atomic E-state index is 14.0. The summed E-state index contributed by atoms with van der Waals surface area (Å²) in [5.41, 5.74) is 0.652. The van der Waals surface area contributed by atoms with Gasteiger partial charge in [0.2, 0.25) is 17.7 Å². The number of carbonyl (C=O) groups excluding carboxylic acids is 3. The van der Waals surface area contributed by atoms with E-state index in [9.17, 15) is 14.4 Å². The maximum Gasteiger partial charge on any atom is 0.246 e. The summed E-state index contributed by atoms with van der Waals surface area (Å²) in [6, 6.07) is 6.99. The van der Waals surface area contributed by atoms with Crippen molar-refractivity contribution in [3.05, 3.63) is 42.0 Å². The third kappa shape index (κ3) is 4.71. The van der Waals surface area contributed by atoms with Gasteiger partial charge in [-0.15, -0.1) is 0 Å². The van der Waals surface area contributed by atoms with Gasteiger partial charge in [-0.2, -0.15) is 0 Å². The molecule has 0 aromatic heterocycles. The third-order valence-corrected chi connectivity index (χ3v) is 8.90. The molecule has 3 amide bonds. The molecule has 7 atom stereocenters. The average molecular weight is 508 g/mol. The molecule has 3 aliphatic heterocycles. The van der Waals surface area contributed by atoms with Crippen LogP contribution in [0, 0.1) is 24.7 Å². The van der Waals surface area contributed by atoms with E-state index in [-0.39, 0.29) is 23.8 Å². The number of carbonyl (C=O) groups is 3. The number of anilines is 1. The molecule has 200 valence electrons. The van der Waals surface area contributed by atoms with E-state index in [1.807, 2.05) is 43.3 Å². The van der Waals surface area contributed by atoms with Gasteiger partial charge in [-0.05, 0) is 49.8 Å². The first kappa shape index (κ1) is 26.0. The molecule has 1 aromatic rings. The van der Waals surface area contributed by atoms with E-state index in [2.05, 4.69) is 24.5 Å². The van der Waals surface area contributed by atoms with E-state index in [0.717, 1.165) is 50.5 Å². The second-order valence-corrected chi connectivity index (χ2v) is 11.5. The van der Waals surface area contributed by atoms with Crippen molar-refractivity contribution in [3.8, 4) is 0 Å². The largest absolute Gasteiger partial charge is 0.359 e. The first-order valence-corrected chi connectivity index (χ1v) is 14.2. The number of nitrogens with zero attached hydrogens (tertiary/aromatic N) is 1. The number of rotatable bonds is 9. The van der Waals surface area contributed by atoms with Gasteiger partial charge in [-0.25, -0.2) is 0 Å². The van der Waals surface area contributed by atoms with Gasteiger partial charge in [0, 0.05) is 18.3 Å². The molecule has 5 unspecified atom stereocenters. The standard InChI is InChI=1S/C30H41N3O4/c1-4-5-6-9-17-33-26(28(35)32-22-14-8-7-12-20(22)3)30-16-15-23(37-30)24(25(30)29(33)36)27(34)31-21-13-10-11-19(2)18-21/h10-11,13,15-16,18,20,22-26H,4-9,12,14,17H2,1-3H3,(H,31,34)(H,32,35)/t20?,22?,23-,24?,25-,26?,30?/m1/s1. The predicted molar refractivity (Wildman–Crippen MR) is 143 cm³/mol. The average Bonchev–Trinajstić information content (AvgIpc) is 3.51. The number of likely N-dealkylation sites (tertiary alicyclic amines) is 1. The van der Waals surface area contributed by atoms with Crippen molar-refractivity contribution >= 4 is 23.4 Å². The molecule has 1 saturated carbocycles. The zero-order chi connectivity index (χ0) is 26.2. The van der Waals surface area contributed by atoms with Gasteiger partial charge >= 0.3 is 0 Å². The van der Waals surface area contributed by atoms with Crippen LogP contribution >= 0.6 is 0 Å². The number of nitrogens with one attached hydrogen (secondary N) is 2. The van der Waals surface area contributed by atoms with Gasteiger partial charge in [-0.3, -0.25) is 14.4 Å². The maximum absolute atomic E-state index is 14.0. The third-order valence-electron chi connectivity index (χ3n) is 8.90. The van der Waals surface area contributed by atoms with E-state index in [4.69, 9.17) is 4.74 Å². The van der Waals surface area contributed by atoms with Crippen LogP contribution in [0.4, 0.5) is 5.69 Å². The highest BCUT2D eigenvalue weighted by Gasteiger charge is 2.72. The Balaban J connectivity index is 1.41. The molecule has 0 radical (unpaired) electrons. The van der Waals surface area contributed by atoms with Crippen LogP contribution in [0.5, 0.6) is 0 Å². The molecule has 5 rings (SSSR count). The molecule has 3 heterocycles. The molecular weight excluding hydrogens is 466 g/mol. The van der Waals surface area contributed by atoms with Crippen LogP contribution in [0.2, 0.25) is 0 Å². The van der Waals surface area contributed by atoms with E-state index in [1.54, 1.807) is 4.90 Å². The molecule has 7 nitrogen and oxygen atoms in total. The monoisotopic (exact) mass is 507 g/mol. The Hall–Kier alpha value is -2.67. The van der Waals surface area contributed by atoms with Gasteiger partial charge in [0.15, 0.2) is 0 Å². The molecule has 1 aromatic carbocycles. The number of unbranched alkanes of at least 4 members (excludes halogenated alkanes) is 3. The van der Waals surface area contributed by atoms with E-state index in [1.165, 1.54) is 6.42 Å². The van der Waals surface area contributed by atoms with Gasteiger partial charge < -0.3 is 20.3 Å². The number of ether oxygens (including phenoxy) is 1. The number of aryl methyl sites for hydroxylation is 1. The highest BCUT2D eigenvalue weighted by molar-refractivity contribution is 6.02. The van der Waals surface area contributed by atoms with Crippen LogP contribution < -0.4 is 10.6 Å². The van der Waals surface area contributed by atoms with Crippen LogP contribution in [0.1, 0.15) is 70.8 Å². The molecule has 2 bridgehead atoms. The van der Waals surface area contributed by atoms with E-state index >= 15 is 0 Å². The number of benzene rings is 1. The minimum absolute atomic E-state index is 0.108. The Kier molecular flexibility index (Phi) is 7.44.